The summed E-state index contributed by atoms with van der Waals surface area (Å²) in [5.74, 6) is 0.261. The Morgan fingerprint density at radius 1 is 1.73 bits per heavy atom. The van der Waals surface area contributed by atoms with E-state index in [4.69, 9.17) is 5.73 Å². The molecular weight excluding hydrogens is 258 g/mol. The first-order valence-corrected chi connectivity index (χ1v) is 5.47. The number of aromatic nitrogens is 1. The molecule has 0 aliphatic heterocycles. The number of nitrogens with two attached hydrogens (primary N) is 1. The van der Waals surface area contributed by atoms with Gasteiger partial charge in [0.1, 0.15) is 5.82 Å². The van der Waals surface area contributed by atoms with E-state index in [1.807, 2.05) is 13.0 Å². The van der Waals surface area contributed by atoms with E-state index >= 15 is 0 Å². The highest BCUT2D eigenvalue weighted by molar-refractivity contribution is 9.10. The second-order valence-corrected chi connectivity index (χ2v) is 4.41. The molecule has 1 unspecified atom stereocenters. The average Bonchev–Trinajstić information content (AvgIpc) is 2.21. The Balaban J connectivity index is 2.80. The number of hydrogen-bond donors (Lipinski definition) is 2. The zero-order valence-electron chi connectivity index (χ0n) is 8.75. The van der Waals surface area contributed by atoms with Gasteiger partial charge in [-0.15, -0.1) is 0 Å². The van der Waals surface area contributed by atoms with Crippen LogP contribution in [0.3, 0.4) is 0 Å². The number of pyridine rings is 1. The van der Waals surface area contributed by atoms with Gasteiger partial charge in [-0.25, -0.2) is 4.98 Å². The molecule has 1 aromatic rings. The fourth-order valence-corrected chi connectivity index (χ4v) is 1.24. The van der Waals surface area contributed by atoms with Crippen molar-refractivity contribution >= 4 is 27.7 Å². The van der Waals surface area contributed by atoms with E-state index in [9.17, 15) is 4.79 Å². The first-order valence-electron chi connectivity index (χ1n) is 4.68. The van der Waals surface area contributed by atoms with E-state index in [-0.39, 0.29) is 5.91 Å². The maximum atomic E-state index is 11.7. The van der Waals surface area contributed by atoms with Gasteiger partial charge < -0.3 is 11.1 Å². The van der Waals surface area contributed by atoms with Gasteiger partial charge in [-0.1, -0.05) is 6.92 Å². The van der Waals surface area contributed by atoms with Gasteiger partial charge in [-0.2, -0.15) is 0 Å². The zero-order chi connectivity index (χ0) is 11.5. The van der Waals surface area contributed by atoms with E-state index in [1.165, 1.54) is 0 Å². The van der Waals surface area contributed by atoms with E-state index in [0.717, 1.165) is 4.47 Å². The molecule has 0 saturated carbocycles. The lowest BCUT2D eigenvalue weighted by atomic mass is 10.00. The number of rotatable bonds is 3. The molecule has 1 atom stereocenters. The van der Waals surface area contributed by atoms with Crippen LogP contribution in [0.5, 0.6) is 0 Å². The molecule has 0 spiro atoms. The molecule has 0 aliphatic rings. The topological polar surface area (TPSA) is 68.0 Å². The van der Waals surface area contributed by atoms with Crippen LogP contribution in [0.15, 0.2) is 22.8 Å². The summed E-state index contributed by atoms with van der Waals surface area (Å²) in [4.78, 5) is 15.8. The molecule has 5 heteroatoms. The number of hydrogen-bond acceptors (Lipinski definition) is 3. The number of carbonyl (C=O) groups is 1. The van der Waals surface area contributed by atoms with Gasteiger partial charge in [0.05, 0.1) is 10.0 Å². The Labute approximate surface area is 97.4 Å². The van der Waals surface area contributed by atoms with Gasteiger partial charge in [-0.3, -0.25) is 4.79 Å². The Morgan fingerprint density at radius 3 is 2.93 bits per heavy atom. The lowest BCUT2D eigenvalue weighted by Gasteiger charge is -2.21. The summed E-state index contributed by atoms with van der Waals surface area (Å²) in [5.41, 5.74) is 4.94. The third kappa shape index (κ3) is 3.00. The number of amides is 1. The standard InChI is InChI=1S/C10H14BrN3O/c1-3-10(2,12)9(15)14-8-7(11)5-4-6-13-8/h4-6H,3,12H2,1-2H3,(H,13,14,15). The van der Waals surface area contributed by atoms with Crippen LogP contribution in [0.2, 0.25) is 0 Å². The summed E-state index contributed by atoms with van der Waals surface area (Å²) in [5, 5.41) is 2.68. The zero-order valence-corrected chi connectivity index (χ0v) is 10.3. The Kier molecular flexibility index (Phi) is 3.82. The number of carbonyl (C=O) groups excluding carboxylic acids is 1. The molecule has 0 saturated heterocycles. The van der Waals surface area contributed by atoms with Crippen molar-refractivity contribution in [1.82, 2.24) is 4.98 Å². The van der Waals surface area contributed by atoms with Crippen molar-refractivity contribution < 1.29 is 4.79 Å². The summed E-state index contributed by atoms with van der Waals surface area (Å²) < 4.78 is 0.741. The largest absolute Gasteiger partial charge is 0.318 e. The molecule has 82 valence electrons. The molecule has 15 heavy (non-hydrogen) atoms. The van der Waals surface area contributed by atoms with Crippen molar-refractivity contribution in [2.75, 3.05) is 5.32 Å². The average molecular weight is 272 g/mol. The monoisotopic (exact) mass is 271 g/mol. The Bertz CT molecular complexity index is 365. The molecule has 0 aliphatic carbocycles. The molecular formula is C10H14BrN3O. The van der Waals surface area contributed by atoms with Gasteiger partial charge in [-0.05, 0) is 41.4 Å². The first-order chi connectivity index (χ1) is 6.97. The lowest BCUT2D eigenvalue weighted by molar-refractivity contribution is -0.120. The van der Waals surface area contributed by atoms with Gasteiger partial charge in [0, 0.05) is 6.20 Å². The maximum Gasteiger partial charge on any atom is 0.245 e. The highest BCUT2D eigenvalue weighted by atomic mass is 79.9. The summed E-state index contributed by atoms with van der Waals surface area (Å²) in [7, 11) is 0. The predicted octanol–water partition coefficient (Wildman–Crippen LogP) is 1.91. The Hall–Kier alpha value is -0.940. The van der Waals surface area contributed by atoms with Gasteiger partial charge >= 0.3 is 0 Å². The summed E-state index contributed by atoms with van der Waals surface area (Å²) in [6.45, 7) is 3.56. The molecule has 3 N–H and O–H groups in total. The second kappa shape index (κ2) is 4.72. The third-order valence-corrected chi connectivity index (χ3v) is 2.88. The number of nitrogens with one attached hydrogen (secondary N) is 1. The molecule has 0 aromatic carbocycles. The minimum atomic E-state index is -0.864. The highest BCUT2D eigenvalue weighted by Crippen LogP contribution is 2.19. The van der Waals surface area contributed by atoms with Crippen LogP contribution < -0.4 is 11.1 Å². The van der Waals surface area contributed by atoms with Crippen molar-refractivity contribution in [1.29, 1.82) is 0 Å². The first kappa shape index (κ1) is 12.1. The minimum Gasteiger partial charge on any atom is -0.318 e. The SMILES string of the molecule is CCC(C)(N)C(=O)Nc1ncccc1Br. The molecule has 0 fully saturated rings. The van der Waals surface area contributed by atoms with Crippen molar-refractivity contribution in [2.45, 2.75) is 25.8 Å². The Morgan fingerprint density at radius 2 is 2.40 bits per heavy atom. The van der Waals surface area contributed by atoms with E-state index in [0.29, 0.717) is 12.2 Å². The van der Waals surface area contributed by atoms with Crippen LogP contribution in [-0.4, -0.2) is 16.4 Å². The molecule has 0 bridgehead atoms. The van der Waals surface area contributed by atoms with Gasteiger partial charge in [0.15, 0.2) is 0 Å². The number of nitrogens with zero attached hydrogens (tertiary/aromatic N) is 1. The quantitative estimate of drug-likeness (QED) is 0.883. The molecule has 0 radical (unpaired) electrons. The van der Waals surface area contributed by atoms with E-state index in [1.54, 1.807) is 19.2 Å². The fraction of sp³-hybridized carbons (Fsp3) is 0.400. The minimum absolute atomic E-state index is 0.232. The van der Waals surface area contributed by atoms with Crippen molar-refractivity contribution in [3.05, 3.63) is 22.8 Å². The predicted molar refractivity (Wildman–Crippen MR) is 63.5 cm³/mol. The third-order valence-electron chi connectivity index (χ3n) is 2.24. The summed E-state index contributed by atoms with van der Waals surface area (Å²) in [6.07, 6.45) is 2.18. The van der Waals surface area contributed by atoms with Gasteiger partial charge in [0.25, 0.3) is 0 Å². The van der Waals surface area contributed by atoms with Crippen LogP contribution in [0.25, 0.3) is 0 Å². The maximum absolute atomic E-state index is 11.7. The molecule has 1 amide bonds. The number of anilines is 1. The van der Waals surface area contributed by atoms with Crippen molar-refractivity contribution in [2.24, 2.45) is 5.73 Å². The van der Waals surface area contributed by atoms with Crippen LogP contribution >= 0.6 is 15.9 Å². The second-order valence-electron chi connectivity index (χ2n) is 3.56. The van der Waals surface area contributed by atoms with Crippen LogP contribution in [0.1, 0.15) is 20.3 Å². The molecule has 1 rings (SSSR count). The number of halogens is 1. The van der Waals surface area contributed by atoms with Crippen molar-refractivity contribution in [3.63, 3.8) is 0 Å². The highest BCUT2D eigenvalue weighted by Gasteiger charge is 2.26. The van der Waals surface area contributed by atoms with Gasteiger partial charge in [0.2, 0.25) is 5.91 Å². The smallest absolute Gasteiger partial charge is 0.245 e. The van der Waals surface area contributed by atoms with Crippen molar-refractivity contribution in [3.8, 4) is 0 Å². The summed E-state index contributed by atoms with van der Waals surface area (Å²) in [6, 6.07) is 3.59. The molecule has 1 aromatic heterocycles. The molecule has 4 nitrogen and oxygen atoms in total. The van der Waals surface area contributed by atoms with E-state index < -0.39 is 5.54 Å². The van der Waals surface area contributed by atoms with Crippen LogP contribution in [0, 0.1) is 0 Å². The summed E-state index contributed by atoms with van der Waals surface area (Å²) >= 11 is 3.30. The normalized spacial score (nSPS) is 14.4. The van der Waals surface area contributed by atoms with E-state index in [2.05, 4.69) is 26.2 Å². The van der Waals surface area contributed by atoms with Crippen LogP contribution in [0.4, 0.5) is 5.82 Å². The molecule has 1 heterocycles. The van der Waals surface area contributed by atoms with Crippen LogP contribution in [-0.2, 0) is 4.79 Å². The fourth-order valence-electron chi connectivity index (χ4n) is 0.889. The lowest BCUT2D eigenvalue weighted by Crippen LogP contribution is -2.47.